The highest BCUT2D eigenvalue weighted by Crippen LogP contribution is 2.25. The first kappa shape index (κ1) is 13.2. The van der Waals surface area contributed by atoms with E-state index in [0.717, 1.165) is 26.9 Å². The van der Waals surface area contributed by atoms with Gasteiger partial charge in [0.15, 0.2) is 0 Å². The molecule has 0 bridgehead atoms. The number of fused-ring (bicyclic) bond motifs is 1. The second-order valence-electron chi connectivity index (χ2n) is 4.86. The summed E-state index contributed by atoms with van der Waals surface area (Å²) in [7, 11) is 0. The van der Waals surface area contributed by atoms with Crippen LogP contribution >= 0.6 is 11.3 Å². The van der Waals surface area contributed by atoms with Crippen molar-refractivity contribution in [2.45, 2.75) is 19.4 Å². The number of aliphatic hydroxyl groups is 1. The molecular formula is C16H14FNOS. The average Bonchev–Trinajstić information content (AvgIpc) is 2.90. The first-order chi connectivity index (χ1) is 9.63. The predicted octanol–water partition coefficient (Wildman–Crippen LogP) is 4.02. The molecule has 1 atom stereocenters. The molecule has 0 spiro atoms. The third kappa shape index (κ3) is 2.57. The number of rotatable bonds is 3. The summed E-state index contributed by atoms with van der Waals surface area (Å²) in [6, 6.07) is 8.55. The Morgan fingerprint density at radius 1 is 1.30 bits per heavy atom. The summed E-state index contributed by atoms with van der Waals surface area (Å²) in [5.41, 5.74) is 3.51. The molecule has 0 fully saturated rings. The highest BCUT2D eigenvalue weighted by atomic mass is 32.1. The Balaban J connectivity index is 1.88. The number of aromatic nitrogens is 1. The van der Waals surface area contributed by atoms with Gasteiger partial charge < -0.3 is 5.11 Å². The molecule has 1 unspecified atom stereocenters. The maximum Gasteiger partial charge on any atom is 0.123 e. The standard InChI is InChI=1S/C16H14FNOS/c1-10-2-3-13(17)6-11(10)7-15(19)12-8-16-14(18-9-12)4-5-20-16/h2-6,8-9,15,19H,7H2,1H3. The van der Waals surface area contributed by atoms with Crippen molar-refractivity contribution >= 4 is 21.6 Å². The molecule has 2 aromatic heterocycles. The number of aliphatic hydroxyl groups excluding tert-OH is 1. The van der Waals surface area contributed by atoms with Gasteiger partial charge in [0.25, 0.3) is 0 Å². The van der Waals surface area contributed by atoms with Gasteiger partial charge in [-0.1, -0.05) is 6.07 Å². The van der Waals surface area contributed by atoms with Gasteiger partial charge in [-0.3, -0.25) is 4.98 Å². The zero-order chi connectivity index (χ0) is 14.1. The lowest BCUT2D eigenvalue weighted by Crippen LogP contribution is -2.04. The fourth-order valence-corrected chi connectivity index (χ4v) is 3.02. The van der Waals surface area contributed by atoms with Crippen LogP contribution in [-0.2, 0) is 6.42 Å². The molecule has 0 saturated heterocycles. The summed E-state index contributed by atoms with van der Waals surface area (Å²) >= 11 is 1.60. The highest BCUT2D eigenvalue weighted by Gasteiger charge is 2.12. The number of hydrogen-bond acceptors (Lipinski definition) is 3. The van der Waals surface area contributed by atoms with Gasteiger partial charge in [-0.2, -0.15) is 0 Å². The molecule has 20 heavy (non-hydrogen) atoms. The molecule has 2 heterocycles. The van der Waals surface area contributed by atoms with Crippen molar-refractivity contribution in [1.82, 2.24) is 4.98 Å². The first-order valence-electron chi connectivity index (χ1n) is 6.40. The van der Waals surface area contributed by atoms with Crippen molar-refractivity contribution in [3.63, 3.8) is 0 Å². The Kier molecular flexibility index (Phi) is 3.51. The summed E-state index contributed by atoms with van der Waals surface area (Å²) in [6.07, 6.45) is 1.41. The Bertz CT molecular complexity index is 753. The van der Waals surface area contributed by atoms with Gasteiger partial charge in [0.1, 0.15) is 5.82 Å². The van der Waals surface area contributed by atoms with Crippen molar-refractivity contribution in [3.8, 4) is 0 Å². The summed E-state index contributed by atoms with van der Waals surface area (Å²) in [6.45, 7) is 1.92. The van der Waals surface area contributed by atoms with E-state index in [1.165, 1.54) is 12.1 Å². The van der Waals surface area contributed by atoms with Crippen LogP contribution in [0.4, 0.5) is 4.39 Å². The van der Waals surface area contributed by atoms with Crippen LogP contribution in [0.2, 0.25) is 0 Å². The van der Waals surface area contributed by atoms with E-state index in [1.54, 1.807) is 23.6 Å². The van der Waals surface area contributed by atoms with E-state index >= 15 is 0 Å². The minimum absolute atomic E-state index is 0.273. The molecule has 0 radical (unpaired) electrons. The van der Waals surface area contributed by atoms with Crippen LogP contribution in [0, 0.1) is 12.7 Å². The fourth-order valence-electron chi connectivity index (χ4n) is 2.23. The minimum Gasteiger partial charge on any atom is -0.388 e. The first-order valence-corrected chi connectivity index (χ1v) is 7.28. The maximum absolute atomic E-state index is 13.3. The van der Waals surface area contributed by atoms with E-state index in [9.17, 15) is 9.50 Å². The molecule has 2 nitrogen and oxygen atoms in total. The van der Waals surface area contributed by atoms with Gasteiger partial charge in [-0.15, -0.1) is 11.3 Å². The number of thiophene rings is 1. The van der Waals surface area contributed by atoms with E-state index in [2.05, 4.69) is 4.98 Å². The van der Waals surface area contributed by atoms with Crippen LogP contribution < -0.4 is 0 Å². The van der Waals surface area contributed by atoms with Gasteiger partial charge in [0, 0.05) is 18.2 Å². The van der Waals surface area contributed by atoms with E-state index in [-0.39, 0.29) is 5.82 Å². The zero-order valence-electron chi connectivity index (χ0n) is 11.0. The van der Waals surface area contributed by atoms with Gasteiger partial charge >= 0.3 is 0 Å². The Morgan fingerprint density at radius 3 is 3.00 bits per heavy atom. The SMILES string of the molecule is Cc1ccc(F)cc1CC(O)c1cnc2ccsc2c1. The number of halogens is 1. The van der Waals surface area contributed by atoms with Crippen LogP contribution in [0.1, 0.15) is 22.8 Å². The molecule has 0 aliphatic carbocycles. The molecule has 3 rings (SSSR count). The quantitative estimate of drug-likeness (QED) is 0.789. The summed E-state index contributed by atoms with van der Waals surface area (Å²) in [5, 5.41) is 12.3. The van der Waals surface area contributed by atoms with Crippen LogP contribution in [-0.4, -0.2) is 10.1 Å². The third-order valence-electron chi connectivity index (χ3n) is 3.43. The number of benzene rings is 1. The minimum atomic E-state index is -0.672. The molecule has 102 valence electrons. The van der Waals surface area contributed by atoms with E-state index < -0.39 is 6.10 Å². The third-order valence-corrected chi connectivity index (χ3v) is 4.29. The molecule has 0 aliphatic heterocycles. The van der Waals surface area contributed by atoms with Crippen molar-refractivity contribution < 1.29 is 9.50 Å². The van der Waals surface area contributed by atoms with Gasteiger partial charge in [0.05, 0.1) is 16.3 Å². The van der Waals surface area contributed by atoms with Crippen LogP contribution in [0.25, 0.3) is 10.2 Å². The lowest BCUT2D eigenvalue weighted by Gasteiger charge is -2.13. The van der Waals surface area contributed by atoms with Gasteiger partial charge in [0.2, 0.25) is 0 Å². The second kappa shape index (κ2) is 5.31. The number of aryl methyl sites for hydroxylation is 1. The highest BCUT2D eigenvalue weighted by molar-refractivity contribution is 7.17. The molecule has 4 heteroatoms. The monoisotopic (exact) mass is 287 g/mol. The number of nitrogens with zero attached hydrogens (tertiary/aromatic N) is 1. The smallest absolute Gasteiger partial charge is 0.123 e. The van der Waals surface area contributed by atoms with Gasteiger partial charge in [-0.25, -0.2) is 4.39 Å². The van der Waals surface area contributed by atoms with Crippen molar-refractivity contribution in [2.75, 3.05) is 0 Å². The summed E-state index contributed by atoms with van der Waals surface area (Å²) < 4.78 is 14.3. The summed E-state index contributed by atoms with van der Waals surface area (Å²) in [5.74, 6) is -0.273. The molecule has 0 amide bonds. The van der Waals surface area contributed by atoms with Crippen LogP contribution in [0.5, 0.6) is 0 Å². The zero-order valence-corrected chi connectivity index (χ0v) is 11.8. The van der Waals surface area contributed by atoms with Crippen molar-refractivity contribution in [3.05, 3.63) is 64.4 Å². The maximum atomic E-state index is 13.3. The number of pyridine rings is 1. The summed E-state index contributed by atoms with van der Waals surface area (Å²) in [4.78, 5) is 4.32. The van der Waals surface area contributed by atoms with Crippen molar-refractivity contribution in [1.29, 1.82) is 0 Å². The van der Waals surface area contributed by atoms with E-state index in [1.807, 2.05) is 24.4 Å². The predicted molar refractivity (Wildman–Crippen MR) is 79.4 cm³/mol. The van der Waals surface area contributed by atoms with Crippen LogP contribution in [0.15, 0.2) is 41.9 Å². The molecule has 1 aromatic carbocycles. The Morgan fingerprint density at radius 2 is 2.15 bits per heavy atom. The Hall–Kier alpha value is -1.78. The molecule has 0 saturated carbocycles. The topological polar surface area (TPSA) is 33.1 Å². The molecule has 0 aliphatic rings. The number of hydrogen-bond donors (Lipinski definition) is 1. The van der Waals surface area contributed by atoms with E-state index in [4.69, 9.17) is 0 Å². The van der Waals surface area contributed by atoms with Crippen LogP contribution in [0.3, 0.4) is 0 Å². The lowest BCUT2D eigenvalue weighted by atomic mass is 9.99. The molecular weight excluding hydrogens is 273 g/mol. The Labute approximate surface area is 120 Å². The lowest BCUT2D eigenvalue weighted by molar-refractivity contribution is 0.178. The van der Waals surface area contributed by atoms with Gasteiger partial charge in [-0.05, 0) is 47.7 Å². The average molecular weight is 287 g/mol. The van der Waals surface area contributed by atoms with Crippen molar-refractivity contribution in [2.24, 2.45) is 0 Å². The molecule has 1 N–H and O–H groups in total. The second-order valence-corrected chi connectivity index (χ2v) is 5.81. The molecule has 3 aromatic rings. The normalized spacial score (nSPS) is 12.8. The van der Waals surface area contributed by atoms with E-state index in [0.29, 0.717) is 6.42 Å². The fraction of sp³-hybridized carbons (Fsp3) is 0.188. The largest absolute Gasteiger partial charge is 0.388 e.